The standard InChI is InChI=1S/C11H19NO3/c1-10(2)8-11(9-12,4-7-14-10)15-6-3-5-13/h13H,3-8H2,1-2H3. The molecule has 0 amide bonds. The fourth-order valence-corrected chi connectivity index (χ4v) is 1.90. The third kappa shape index (κ3) is 3.45. The fourth-order valence-electron chi connectivity index (χ4n) is 1.90. The van der Waals surface area contributed by atoms with Gasteiger partial charge in [-0.2, -0.15) is 5.26 Å². The van der Waals surface area contributed by atoms with Crippen LogP contribution in [0.4, 0.5) is 0 Å². The van der Waals surface area contributed by atoms with Gasteiger partial charge in [0.15, 0.2) is 5.60 Å². The van der Waals surface area contributed by atoms with E-state index >= 15 is 0 Å². The molecule has 15 heavy (non-hydrogen) atoms. The molecule has 1 saturated heterocycles. The zero-order valence-electron chi connectivity index (χ0n) is 9.45. The Labute approximate surface area is 90.8 Å². The van der Waals surface area contributed by atoms with E-state index in [1.165, 1.54) is 0 Å². The number of aliphatic hydroxyl groups is 1. The highest BCUT2D eigenvalue weighted by Gasteiger charge is 2.42. The Balaban J connectivity index is 2.56. The average Bonchev–Trinajstić information content (AvgIpc) is 2.17. The van der Waals surface area contributed by atoms with E-state index in [4.69, 9.17) is 14.6 Å². The molecular formula is C11H19NO3. The van der Waals surface area contributed by atoms with Crippen molar-refractivity contribution in [1.29, 1.82) is 5.26 Å². The van der Waals surface area contributed by atoms with E-state index in [9.17, 15) is 5.26 Å². The van der Waals surface area contributed by atoms with E-state index in [1.54, 1.807) is 0 Å². The second kappa shape index (κ2) is 4.93. The molecule has 1 rings (SSSR count). The number of rotatable bonds is 4. The summed E-state index contributed by atoms with van der Waals surface area (Å²) in [5.41, 5.74) is -1.02. The quantitative estimate of drug-likeness (QED) is 0.714. The molecule has 1 unspecified atom stereocenters. The summed E-state index contributed by atoms with van der Waals surface area (Å²) in [5.74, 6) is 0. The number of nitriles is 1. The molecule has 86 valence electrons. The summed E-state index contributed by atoms with van der Waals surface area (Å²) in [6.07, 6.45) is 1.77. The Morgan fingerprint density at radius 3 is 2.80 bits per heavy atom. The molecule has 0 aromatic rings. The van der Waals surface area contributed by atoms with E-state index in [0.717, 1.165) is 0 Å². The molecule has 1 N–H and O–H groups in total. The lowest BCUT2D eigenvalue weighted by Gasteiger charge is -2.40. The van der Waals surface area contributed by atoms with Crippen molar-refractivity contribution in [2.75, 3.05) is 19.8 Å². The van der Waals surface area contributed by atoms with E-state index in [0.29, 0.717) is 32.5 Å². The minimum absolute atomic E-state index is 0.0986. The second-order valence-electron chi connectivity index (χ2n) is 4.57. The highest BCUT2D eigenvalue weighted by molar-refractivity contribution is 5.07. The lowest BCUT2D eigenvalue weighted by atomic mass is 9.85. The minimum atomic E-state index is -0.725. The predicted octanol–water partition coefficient (Wildman–Crippen LogP) is 1.24. The summed E-state index contributed by atoms with van der Waals surface area (Å²) in [5, 5.41) is 17.8. The number of hydrogen-bond acceptors (Lipinski definition) is 4. The summed E-state index contributed by atoms with van der Waals surface area (Å²) in [6, 6.07) is 2.25. The van der Waals surface area contributed by atoms with Crippen molar-refractivity contribution >= 4 is 0 Å². The highest BCUT2D eigenvalue weighted by Crippen LogP contribution is 2.34. The Hall–Kier alpha value is -0.630. The minimum Gasteiger partial charge on any atom is -0.396 e. The van der Waals surface area contributed by atoms with Crippen LogP contribution in [-0.2, 0) is 9.47 Å². The summed E-state index contributed by atoms with van der Waals surface area (Å²) < 4.78 is 11.1. The highest BCUT2D eigenvalue weighted by atomic mass is 16.5. The maximum absolute atomic E-state index is 9.18. The topological polar surface area (TPSA) is 62.5 Å². The second-order valence-corrected chi connectivity index (χ2v) is 4.57. The molecule has 0 bridgehead atoms. The monoisotopic (exact) mass is 213 g/mol. The van der Waals surface area contributed by atoms with Crippen LogP contribution in [0.5, 0.6) is 0 Å². The van der Waals surface area contributed by atoms with Crippen LogP contribution in [0, 0.1) is 11.3 Å². The first-order valence-corrected chi connectivity index (χ1v) is 5.34. The lowest BCUT2D eigenvalue weighted by molar-refractivity contribution is -0.146. The van der Waals surface area contributed by atoms with Crippen LogP contribution >= 0.6 is 0 Å². The van der Waals surface area contributed by atoms with Crippen LogP contribution in [0.1, 0.15) is 33.1 Å². The number of aliphatic hydroxyl groups excluding tert-OH is 1. The van der Waals surface area contributed by atoms with Gasteiger partial charge < -0.3 is 14.6 Å². The van der Waals surface area contributed by atoms with Crippen LogP contribution in [0.15, 0.2) is 0 Å². The van der Waals surface area contributed by atoms with Gasteiger partial charge in [0.05, 0.1) is 24.9 Å². The van der Waals surface area contributed by atoms with E-state index in [-0.39, 0.29) is 12.2 Å². The third-order valence-corrected chi connectivity index (χ3v) is 2.59. The van der Waals surface area contributed by atoms with Gasteiger partial charge in [-0.3, -0.25) is 0 Å². The number of ether oxygens (including phenoxy) is 2. The molecule has 0 saturated carbocycles. The number of nitrogens with zero attached hydrogens (tertiary/aromatic N) is 1. The summed E-state index contributed by atoms with van der Waals surface area (Å²) in [6.45, 7) is 5.02. The van der Waals surface area contributed by atoms with E-state index in [2.05, 4.69) is 6.07 Å². The van der Waals surface area contributed by atoms with Gasteiger partial charge in [-0.25, -0.2) is 0 Å². The Bertz CT molecular complexity index is 247. The molecular weight excluding hydrogens is 194 g/mol. The van der Waals surface area contributed by atoms with Crippen LogP contribution < -0.4 is 0 Å². The van der Waals surface area contributed by atoms with Gasteiger partial charge in [0.1, 0.15) is 0 Å². The van der Waals surface area contributed by atoms with Crippen molar-refractivity contribution in [2.24, 2.45) is 0 Å². The maximum atomic E-state index is 9.18. The smallest absolute Gasteiger partial charge is 0.159 e. The van der Waals surface area contributed by atoms with Crippen LogP contribution in [0.2, 0.25) is 0 Å². The van der Waals surface area contributed by atoms with Crippen molar-refractivity contribution in [3.05, 3.63) is 0 Å². The first-order chi connectivity index (χ1) is 7.04. The molecule has 0 aliphatic carbocycles. The molecule has 0 spiro atoms. The van der Waals surface area contributed by atoms with Gasteiger partial charge in [0, 0.05) is 19.4 Å². The van der Waals surface area contributed by atoms with Gasteiger partial charge in [-0.15, -0.1) is 0 Å². The van der Waals surface area contributed by atoms with Crippen LogP contribution in [0.3, 0.4) is 0 Å². The largest absolute Gasteiger partial charge is 0.396 e. The maximum Gasteiger partial charge on any atom is 0.159 e. The SMILES string of the molecule is CC1(C)CC(C#N)(OCCCO)CCO1. The van der Waals surface area contributed by atoms with Crippen LogP contribution in [-0.4, -0.2) is 36.1 Å². The summed E-state index contributed by atoms with van der Waals surface area (Å²) >= 11 is 0. The third-order valence-electron chi connectivity index (χ3n) is 2.59. The van der Waals surface area contributed by atoms with Gasteiger partial charge in [0.2, 0.25) is 0 Å². The van der Waals surface area contributed by atoms with Crippen molar-refractivity contribution < 1.29 is 14.6 Å². The van der Waals surface area contributed by atoms with Crippen molar-refractivity contribution in [3.8, 4) is 6.07 Å². The Morgan fingerprint density at radius 1 is 1.53 bits per heavy atom. The number of hydrogen-bond donors (Lipinski definition) is 1. The molecule has 1 heterocycles. The lowest BCUT2D eigenvalue weighted by Crippen LogP contribution is -2.46. The fraction of sp³-hybridized carbons (Fsp3) is 0.909. The molecule has 0 radical (unpaired) electrons. The molecule has 1 atom stereocenters. The van der Waals surface area contributed by atoms with Gasteiger partial charge in [-0.05, 0) is 20.3 Å². The van der Waals surface area contributed by atoms with E-state index in [1.807, 2.05) is 13.8 Å². The summed E-state index contributed by atoms with van der Waals surface area (Å²) in [4.78, 5) is 0. The normalized spacial score (nSPS) is 29.7. The first kappa shape index (κ1) is 12.4. The Kier molecular flexibility index (Phi) is 4.09. The summed E-state index contributed by atoms with van der Waals surface area (Å²) in [7, 11) is 0. The van der Waals surface area contributed by atoms with Crippen LogP contribution in [0.25, 0.3) is 0 Å². The predicted molar refractivity (Wildman–Crippen MR) is 55.3 cm³/mol. The van der Waals surface area contributed by atoms with Crippen molar-refractivity contribution in [2.45, 2.75) is 44.3 Å². The van der Waals surface area contributed by atoms with Gasteiger partial charge in [0.25, 0.3) is 0 Å². The van der Waals surface area contributed by atoms with Crippen molar-refractivity contribution in [3.63, 3.8) is 0 Å². The first-order valence-electron chi connectivity index (χ1n) is 5.34. The zero-order chi connectivity index (χ0) is 11.4. The molecule has 1 aliphatic heterocycles. The van der Waals surface area contributed by atoms with E-state index < -0.39 is 5.60 Å². The van der Waals surface area contributed by atoms with Gasteiger partial charge >= 0.3 is 0 Å². The average molecular weight is 213 g/mol. The zero-order valence-corrected chi connectivity index (χ0v) is 9.45. The molecule has 4 heteroatoms. The molecule has 1 aliphatic rings. The van der Waals surface area contributed by atoms with Gasteiger partial charge in [-0.1, -0.05) is 0 Å². The molecule has 4 nitrogen and oxygen atoms in total. The molecule has 0 aromatic carbocycles. The molecule has 0 aromatic heterocycles. The van der Waals surface area contributed by atoms with Crippen molar-refractivity contribution in [1.82, 2.24) is 0 Å². The Morgan fingerprint density at radius 2 is 2.27 bits per heavy atom. The molecule has 1 fully saturated rings.